The highest BCUT2D eigenvalue weighted by atomic mass is 32.2. The van der Waals surface area contributed by atoms with Gasteiger partial charge in [0.25, 0.3) is 0 Å². The van der Waals surface area contributed by atoms with Gasteiger partial charge < -0.3 is 10.1 Å². The maximum absolute atomic E-state index is 11.8. The summed E-state index contributed by atoms with van der Waals surface area (Å²) in [5.41, 5.74) is 0. The smallest absolute Gasteiger partial charge is 0.150 e. The molecule has 0 bridgehead atoms. The Kier molecular flexibility index (Phi) is 4.60. The van der Waals surface area contributed by atoms with Gasteiger partial charge >= 0.3 is 0 Å². The van der Waals surface area contributed by atoms with E-state index in [0.717, 1.165) is 18.8 Å². The van der Waals surface area contributed by atoms with Crippen LogP contribution in [0.25, 0.3) is 0 Å². The molecule has 1 aliphatic heterocycles. The second-order valence-corrected chi connectivity index (χ2v) is 6.88. The van der Waals surface area contributed by atoms with Crippen LogP contribution in [0.4, 0.5) is 0 Å². The topological polar surface area (TPSA) is 55.4 Å². The Morgan fingerprint density at radius 2 is 1.94 bits per heavy atom. The molecule has 5 heteroatoms. The first-order valence-electron chi connectivity index (χ1n) is 6.25. The van der Waals surface area contributed by atoms with Crippen LogP contribution >= 0.6 is 0 Å². The molecular formula is C13H19NO3S. The van der Waals surface area contributed by atoms with Crippen molar-refractivity contribution in [2.75, 3.05) is 31.2 Å². The number of hydrogen-bond acceptors (Lipinski definition) is 4. The molecule has 1 saturated heterocycles. The molecule has 1 aromatic rings. The number of ether oxygens (including phenoxy) is 1. The van der Waals surface area contributed by atoms with Gasteiger partial charge in [-0.1, -0.05) is 18.2 Å². The van der Waals surface area contributed by atoms with E-state index in [-0.39, 0.29) is 5.75 Å². The van der Waals surface area contributed by atoms with Crippen molar-refractivity contribution in [3.63, 3.8) is 0 Å². The van der Waals surface area contributed by atoms with Crippen LogP contribution in [0, 0.1) is 5.92 Å². The normalized spacial score (nSPS) is 16.2. The van der Waals surface area contributed by atoms with Crippen LogP contribution in [0.15, 0.2) is 30.3 Å². The number of sulfone groups is 1. The second-order valence-electron chi connectivity index (χ2n) is 4.65. The molecule has 0 spiro atoms. The zero-order chi connectivity index (χ0) is 12.8. The van der Waals surface area contributed by atoms with Crippen molar-refractivity contribution in [1.82, 2.24) is 5.32 Å². The fraction of sp³-hybridized carbons (Fsp3) is 0.538. The Morgan fingerprint density at radius 1 is 1.22 bits per heavy atom. The average molecular weight is 269 g/mol. The predicted molar refractivity (Wildman–Crippen MR) is 71.6 cm³/mol. The van der Waals surface area contributed by atoms with Crippen LogP contribution in [-0.4, -0.2) is 39.6 Å². The first-order chi connectivity index (χ1) is 8.66. The van der Waals surface area contributed by atoms with E-state index < -0.39 is 9.84 Å². The van der Waals surface area contributed by atoms with Crippen molar-refractivity contribution in [3.8, 4) is 5.75 Å². The van der Waals surface area contributed by atoms with Crippen molar-refractivity contribution in [2.24, 2.45) is 5.92 Å². The Balaban J connectivity index is 1.65. The molecule has 0 aromatic heterocycles. The summed E-state index contributed by atoms with van der Waals surface area (Å²) in [4.78, 5) is 0. The Hall–Kier alpha value is -1.07. The monoisotopic (exact) mass is 269 g/mol. The van der Waals surface area contributed by atoms with E-state index in [1.54, 1.807) is 0 Å². The fourth-order valence-electron chi connectivity index (χ4n) is 1.89. The number of hydrogen-bond donors (Lipinski definition) is 1. The van der Waals surface area contributed by atoms with E-state index in [0.29, 0.717) is 24.7 Å². The molecule has 1 aromatic carbocycles. The van der Waals surface area contributed by atoms with Gasteiger partial charge in [0.2, 0.25) is 0 Å². The zero-order valence-electron chi connectivity index (χ0n) is 10.3. The first-order valence-corrected chi connectivity index (χ1v) is 8.07. The summed E-state index contributed by atoms with van der Waals surface area (Å²) in [5.74, 6) is 1.63. The van der Waals surface area contributed by atoms with Crippen molar-refractivity contribution in [1.29, 1.82) is 0 Å². The number of rotatable bonds is 7. The van der Waals surface area contributed by atoms with Gasteiger partial charge in [0.05, 0.1) is 18.1 Å². The molecule has 1 aliphatic rings. The Morgan fingerprint density at radius 3 is 2.56 bits per heavy atom. The van der Waals surface area contributed by atoms with E-state index in [1.807, 2.05) is 30.3 Å². The van der Waals surface area contributed by atoms with Crippen molar-refractivity contribution in [2.45, 2.75) is 6.42 Å². The van der Waals surface area contributed by atoms with Crippen LogP contribution in [0.2, 0.25) is 0 Å². The lowest BCUT2D eigenvalue weighted by molar-refractivity contribution is 0.317. The minimum absolute atomic E-state index is 0.219. The minimum Gasteiger partial charge on any atom is -0.494 e. The van der Waals surface area contributed by atoms with Gasteiger partial charge in [-0.15, -0.1) is 0 Å². The lowest BCUT2D eigenvalue weighted by Crippen LogP contribution is -2.45. The molecule has 0 radical (unpaired) electrons. The molecule has 0 amide bonds. The number of nitrogens with one attached hydrogen (secondary N) is 1. The summed E-state index contributed by atoms with van der Waals surface area (Å²) in [5, 5.41) is 3.08. The van der Waals surface area contributed by atoms with Gasteiger partial charge in [0, 0.05) is 13.1 Å². The highest BCUT2D eigenvalue weighted by molar-refractivity contribution is 7.91. The summed E-state index contributed by atoms with van der Waals surface area (Å²) in [7, 11) is -2.92. The summed E-state index contributed by atoms with van der Waals surface area (Å²) < 4.78 is 29.0. The van der Waals surface area contributed by atoms with Gasteiger partial charge in [-0.25, -0.2) is 8.42 Å². The highest BCUT2D eigenvalue weighted by Gasteiger charge is 2.23. The fourth-order valence-corrected chi connectivity index (χ4v) is 3.57. The van der Waals surface area contributed by atoms with Crippen LogP contribution in [0.5, 0.6) is 5.75 Å². The molecule has 4 nitrogen and oxygen atoms in total. The third-order valence-electron chi connectivity index (χ3n) is 2.97. The number of benzene rings is 1. The van der Waals surface area contributed by atoms with E-state index in [4.69, 9.17) is 4.74 Å². The second kappa shape index (κ2) is 6.20. The molecule has 1 heterocycles. The lowest BCUT2D eigenvalue weighted by atomic mass is 10.1. The highest BCUT2D eigenvalue weighted by Crippen LogP contribution is 2.10. The number of para-hydroxylation sites is 1. The summed E-state index contributed by atoms with van der Waals surface area (Å²) in [6.45, 7) is 2.12. The zero-order valence-corrected chi connectivity index (χ0v) is 11.2. The van der Waals surface area contributed by atoms with Crippen molar-refractivity contribution < 1.29 is 13.2 Å². The van der Waals surface area contributed by atoms with E-state index in [9.17, 15) is 8.42 Å². The van der Waals surface area contributed by atoms with Crippen LogP contribution in [0.3, 0.4) is 0 Å². The average Bonchev–Trinajstić information content (AvgIpc) is 2.31. The predicted octanol–water partition coefficient (Wildman–Crippen LogP) is 1.09. The molecule has 100 valence electrons. The molecular weight excluding hydrogens is 250 g/mol. The van der Waals surface area contributed by atoms with Gasteiger partial charge in [0.1, 0.15) is 5.75 Å². The molecule has 0 saturated carbocycles. The molecule has 0 unspecified atom stereocenters. The van der Waals surface area contributed by atoms with Crippen molar-refractivity contribution >= 4 is 9.84 Å². The first kappa shape index (κ1) is 13.4. The molecule has 0 aliphatic carbocycles. The lowest BCUT2D eigenvalue weighted by Gasteiger charge is -2.26. The molecule has 2 rings (SSSR count). The van der Waals surface area contributed by atoms with E-state index >= 15 is 0 Å². The molecule has 18 heavy (non-hydrogen) atoms. The quantitative estimate of drug-likeness (QED) is 0.753. The third-order valence-corrected chi connectivity index (χ3v) is 4.86. The maximum Gasteiger partial charge on any atom is 0.150 e. The Bertz CT molecular complexity index is 454. The molecule has 0 atom stereocenters. The maximum atomic E-state index is 11.8. The molecule has 1 fully saturated rings. The van der Waals surface area contributed by atoms with Crippen molar-refractivity contribution in [3.05, 3.63) is 30.3 Å². The minimum atomic E-state index is -2.92. The summed E-state index contributed by atoms with van der Waals surface area (Å²) >= 11 is 0. The Labute approximate surface area is 108 Å². The SMILES string of the molecule is O=S(=O)(CCCOc1ccccc1)CC1CNC1. The van der Waals surface area contributed by atoms with Gasteiger partial charge in [0.15, 0.2) is 9.84 Å². The van der Waals surface area contributed by atoms with Crippen LogP contribution < -0.4 is 10.1 Å². The standard InChI is InChI=1S/C13H19NO3S/c15-18(16,11-12-9-14-10-12)8-4-7-17-13-5-2-1-3-6-13/h1-3,5-6,12,14H,4,7-11H2. The largest absolute Gasteiger partial charge is 0.494 e. The van der Waals surface area contributed by atoms with E-state index in [1.165, 1.54) is 0 Å². The van der Waals surface area contributed by atoms with Gasteiger partial charge in [-0.05, 0) is 24.5 Å². The van der Waals surface area contributed by atoms with Gasteiger partial charge in [-0.3, -0.25) is 0 Å². The molecule has 1 N–H and O–H groups in total. The summed E-state index contributed by atoms with van der Waals surface area (Å²) in [6.07, 6.45) is 0.553. The van der Waals surface area contributed by atoms with Crippen LogP contribution in [0.1, 0.15) is 6.42 Å². The third kappa shape index (κ3) is 4.31. The summed E-state index contributed by atoms with van der Waals surface area (Å²) in [6, 6.07) is 9.46. The van der Waals surface area contributed by atoms with E-state index in [2.05, 4.69) is 5.32 Å². The van der Waals surface area contributed by atoms with Gasteiger partial charge in [-0.2, -0.15) is 0 Å². The van der Waals surface area contributed by atoms with Crippen LogP contribution in [-0.2, 0) is 9.84 Å².